The summed E-state index contributed by atoms with van der Waals surface area (Å²) in [5, 5.41) is 2.58. The highest BCUT2D eigenvalue weighted by atomic mass is 16.5. The van der Waals surface area contributed by atoms with Crippen LogP contribution in [0.4, 0.5) is 5.69 Å². The lowest BCUT2D eigenvalue weighted by molar-refractivity contribution is -0.119. The Morgan fingerprint density at radius 3 is 2.20 bits per heavy atom. The number of primary amides is 1. The van der Waals surface area contributed by atoms with E-state index >= 15 is 0 Å². The Morgan fingerprint density at radius 2 is 1.50 bits per heavy atom. The van der Waals surface area contributed by atoms with Crippen molar-refractivity contribution in [2.75, 3.05) is 11.9 Å². The second-order valence-electron chi connectivity index (χ2n) is 6.32. The molecule has 3 aromatic carbocycles. The highest BCUT2D eigenvalue weighted by molar-refractivity contribution is 5.97. The number of benzene rings is 3. The van der Waals surface area contributed by atoms with Crippen LogP contribution < -0.4 is 15.8 Å². The lowest BCUT2D eigenvalue weighted by Crippen LogP contribution is -2.21. The van der Waals surface area contributed by atoms with Crippen molar-refractivity contribution in [1.29, 1.82) is 0 Å². The second kappa shape index (κ2) is 9.88. The van der Waals surface area contributed by atoms with E-state index in [1.807, 2.05) is 30.3 Å². The molecule has 0 spiro atoms. The summed E-state index contributed by atoms with van der Waals surface area (Å²) < 4.78 is 10.8. The van der Waals surface area contributed by atoms with E-state index < -0.39 is 24.4 Å². The van der Waals surface area contributed by atoms with E-state index in [9.17, 15) is 14.4 Å². The van der Waals surface area contributed by atoms with Crippen LogP contribution in [0.2, 0.25) is 0 Å². The van der Waals surface area contributed by atoms with Crippen molar-refractivity contribution in [1.82, 2.24) is 0 Å². The number of hydrogen-bond donors (Lipinski definition) is 2. The van der Waals surface area contributed by atoms with Gasteiger partial charge in [0.25, 0.3) is 5.91 Å². The third-order valence-corrected chi connectivity index (χ3v) is 4.16. The van der Waals surface area contributed by atoms with Crippen molar-refractivity contribution in [3.63, 3.8) is 0 Å². The molecular weight excluding hydrogens is 384 g/mol. The molecule has 0 bridgehead atoms. The Labute approximate surface area is 173 Å². The van der Waals surface area contributed by atoms with Crippen molar-refractivity contribution >= 4 is 23.5 Å². The molecule has 0 aromatic heterocycles. The molecule has 2 amide bonds. The zero-order valence-corrected chi connectivity index (χ0v) is 16.0. The monoisotopic (exact) mass is 404 g/mol. The molecule has 3 rings (SSSR count). The van der Waals surface area contributed by atoms with Gasteiger partial charge in [0.15, 0.2) is 6.61 Å². The molecule has 30 heavy (non-hydrogen) atoms. The van der Waals surface area contributed by atoms with Gasteiger partial charge in [0.1, 0.15) is 12.4 Å². The number of nitrogens with two attached hydrogens (primary N) is 1. The number of rotatable bonds is 8. The summed E-state index contributed by atoms with van der Waals surface area (Å²) in [4.78, 5) is 35.6. The molecule has 0 fully saturated rings. The molecule has 0 unspecified atom stereocenters. The van der Waals surface area contributed by atoms with Gasteiger partial charge in [-0.05, 0) is 42.5 Å². The second-order valence-corrected chi connectivity index (χ2v) is 6.32. The number of anilines is 1. The maximum absolute atomic E-state index is 12.4. The molecule has 0 aliphatic heterocycles. The van der Waals surface area contributed by atoms with Crippen LogP contribution in [0, 0.1) is 0 Å². The molecule has 0 saturated carbocycles. The van der Waals surface area contributed by atoms with E-state index in [0.717, 1.165) is 0 Å². The van der Waals surface area contributed by atoms with Crippen molar-refractivity contribution in [2.24, 2.45) is 5.73 Å². The average molecular weight is 404 g/mol. The predicted molar refractivity (Wildman–Crippen MR) is 111 cm³/mol. The fourth-order valence-electron chi connectivity index (χ4n) is 2.65. The van der Waals surface area contributed by atoms with E-state index in [0.29, 0.717) is 28.1 Å². The Morgan fingerprint density at radius 1 is 0.833 bits per heavy atom. The molecule has 0 aliphatic carbocycles. The Hall–Kier alpha value is -4.13. The van der Waals surface area contributed by atoms with Gasteiger partial charge >= 0.3 is 5.97 Å². The zero-order valence-electron chi connectivity index (χ0n) is 16.0. The number of carbonyl (C=O) groups is 3. The smallest absolute Gasteiger partial charge is 0.339 e. The van der Waals surface area contributed by atoms with Gasteiger partial charge in [0, 0.05) is 16.8 Å². The van der Waals surface area contributed by atoms with Crippen molar-refractivity contribution in [3.8, 4) is 5.75 Å². The number of esters is 1. The number of nitrogens with one attached hydrogen (secondary N) is 1. The Balaban J connectivity index is 1.55. The van der Waals surface area contributed by atoms with Crippen molar-refractivity contribution in [3.05, 3.63) is 95.6 Å². The van der Waals surface area contributed by atoms with Crippen LogP contribution in [0.5, 0.6) is 5.75 Å². The summed E-state index contributed by atoms with van der Waals surface area (Å²) in [6.07, 6.45) is 0. The standard InChI is InChI=1S/C23H20N2O5/c24-22(27)16-10-12-18(13-11-16)25-21(26)15-30-23(28)20-9-5-4-6-17(20)14-29-19-7-2-1-3-8-19/h1-13H,14-15H2,(H2,24,27)(H,25,26). The quantitative estimate of drug-likeness (QED) is 0.561. The fourth-order valence-corrected chi connectivity index (χ4v) is 2.65. The molecule has 0 radical (unpaired) electrons. The van der Waals surface area contributed by atoms with E-state index in [1.54, 1.807) is 24.3 Å². The van der Waals surface area contributed by atoms with Crippen LogP contribution >= 0.6 is 0 Å². The van der Waals surface area contributed by atoms with Crippen LogP contribution in [0.25, 0.3) is 0 Å². The van der Waals surface area contributed by atoms with Gasteiger partial charge in [0.05, 0.1) is 5.56 Å². The van der Waals surface area contributed by atoms with Crippen LogP contribution in [0.1, 0.15) is 26.3 Å². The number of ether oxygens (including phenoxy) is 2. The van der Waals surface area contributed by atoms with Crippen molar-refractivity contribution in [2.45, 2.75) is 6.61 Å². The zero-order chi connectivity index (χ0) is 21.3. The van der Waals surface area contributed by atoms with Crippen LogP contribution in [0.3, 0.4) is 0 Å². The molecule has 3 N–H and O–H groups in total. The average Bonchev–Trinajstić information content (AvgIpc) is 2.77. The fraction of sp³-hybridized carbons (Fsp3) is 0.0870. The first-order valence-corrected chi connectivity index (χ1v) is 9.15. The first-order chi connectivity index (χ1) is 14.5. The van der Waals surface area contributed by atoms with E-state index in [1.165, 1.54) is 24.3 Å². The van der Waals surface area contributed by atoms with Gasteiger partial charge in [-0.3, -0.25) is 9.59 Å². The number of carbonyl (C=O) groups excluding carboxylic acids is 3. The van der Waals surface area contributed by atoms with Crippen molar-refractivity contribution < 1.29 is 23.9 Å². The highest BCUT2D eigenvalue weighted by Crippen LogP contribution is 2.16. The van der Waals surface area contributed by atoms with Crippen LogP contribution in [-0.2, 0) is 16.1 Å². The largest absolute Gasteiger partial charge is 0.489 e. The minimum absolute atomic E-state index is 0.188. The third kappa shape index (κ3) is 5.68. The summed E-state index contributed by atoms with van der Waals surface area (Å²) >= 11 is 0. The number of amides is 2. The maximum atomic E-state index is 12.4. The van der Waals surface area contributed by atoms with Gasteiger partial charge < -0.3 is 20.5 Å². The molecule has 7 nitrogen and oxygen atoms in total. The van der Waals surface area contributed by atoms with E-state index in [-0.39, 0.29) is 6.61 Å². The van der Waals surface area contributed by atoms with Gasteiger partial charge in [-0.25, -0.2) is 4.79 Å². The van der Waals surface area contributed by atoms with E-state index in [2.05, 4.69) is 5.32 Å². The van der Waals surface area contributed by atoms with Gasteiger partial charge in [0.2, 0.25) is 5.91 Å². The first-order valence-electron chi connectivity index (χ1n) is 9.15. The molecular formula is C23H20N2O5. The molecule has 152 valence electrons. The summed E-state index contributed by atoms with van der Waals surface area (Å²) in [6, 6.07) is 22.2. The third-order valence-electron chi connectivity index (χ3n) is 4.16. The highest BCUT2D eigenvalue weighted by Gasteiger charge is 2.15. The maximum Gasteiger partial charge on any atom is 0.339 e. The Bertz CT molecular complexity index is 1030. The molecule has 0 atom stereocenters. The molecule has 0 heterocycles. The SMILES string of the molecule is NC(=O)c1ccc(NC(=O)COC(=O)c2ccccc2COc2ccccc2)cc1. The predicted octanol–water partition coefficient (Wildman–Crippen LogP) is 3.16. The Kier molecular flexibility index (Phi) is 6.78. The summed E-state index contributed by atoms with van der Waals surface area (Å²) in [6.45, 7) is -0.266. The lowest BCUT2D eigenvalue weighted by atomic mass is 10.1. The first kappa shape index (κ1) is 20.6. The molecule has 0 aliphatic rings. The summed E-state index contributed by atoms with van der Waals surface area (Å²) in [5.74, 6) is -1.01. The number of para-hydroxylation sites is 1. The number of hydrogen-bond acceptors (Lipinski definition) is 5. The lowest BCUT2D eigenvalue weighted by Gasteiger charge is -2.11. The molecule has 0 saturated heterocycles. The topological polar surface area (TPSA) is 108 Å². The molecule has 3 aromatic rings. The van der Waals surface area contributed by atoms with Crippen LogP contribution in [0.15, 0.2) is 78.9 Å². The van der Waals surface area contributed by atoms with Gasteiger partial charge in [-0.1, -0.05) is 36.4 Å². The van der Waals surface area contributed by atoms with Gasteiger partial charge in [-0.15, -0.1) is 0 Å². The normalized spacial score (nSPS) is 10.1. The summed E-state index contributed by atoms with van der Waals surface area (Å²) in [7, 11) is 0. The van der Waals surface area contributed by atoms with E-state index in [4.69, 9.17) is 15.2 Å². The van der Waals surface area contributed by atoms with Gasteiger partial charge in [-0.2, -0.15) is 0 Å². The minimum Gasteiger partial charge on any atom is -0.489 e. The molecule has 7 heteroatoms. The van der Waals surface area contributed by atoms with Crippen LogP contribution in [-0.4, -0.2) is 24.4 Å². The minimum atomic E-state index is -0.624. The summed E-state index contributed by atoms with van der Waals surface area (Å²) in [5.41, 5.74) is 6.93.